The summed E-state index contributed by atoms with van der Waals surface area (Å²) in [6.45, 7) is 0. The highest BCUT2D eigenvalue weighted by Gasteiger charge is 2.08. The number of benzene rings is 1. The van der Waals surface area contributed by atoms with Crippen molar-refractivity contribution in [2.24, 2.45) is 0 Å². The summed E-state index contributed by atoms with van der Waals surface area (Å²) >= 11 is 0. The number of halogens is 1. The lowest BCUT2D eigenvalue weighted by Crippen LogP contribution is -2.20. The van der Waals surface area contributed by atoms with Gasteiger partial charge in [-0.05, 0) is 43.5 Å². The maximum absolute atomic E-state index is 12.6. The molecule has 1 N–H and O–H groups in total. The number of rotatable bonds is 2. The van der Waals surface area contributed by atoms with Crippen molar-refractivity contribution in [3.8, 4) is 0 Å². The van der Waals surface area contributed by atoms with Gasteiger partial charge in [0.15, 0.2) is 0 Å². The van der Waals surface area contributed by atoms with E-state index in [0.717, 1.165) is 24.9 Å². The molecule has 1 unspecified atom stereocenters. The molecular weight excluding hydrogens is 177 g/mol. The standard InChI is InChI=1S/C12H14FN/c13-10-6-8-12(9-7-10)14-11-4-2-1-3-5-11/h1-2,6-9,11,14H,3-5H2. The van der Waals surface area contributed by atoms with E-state index < -0.39 is 0 Å². The Morgan fingerprint density at radius 2 is 1.93 bits per heavy atom. The minimum atomic E-state index is -0.181. The minimum Gasteiger partial charge on any atom is -0.382 e. The van der Waals surface area contributed by atoms with Gasteiger partial charge in [0.05, 0.1) is 0 Å². The molecule has 0 aromatic heterocycles. The monoisotopic (exact) mass is 191 g/mol. The first-order valence-electron chi connectivity index (χ1n) is 5.02. The van der Waals surface area contributed by atoms with Gasteiger partial charge in [-0.15, -0.1) is 0 Å². The normalized spacial score (nSPS) is 20.8. The van der Waals surface area contributed by atoms with E-state index >= 15 is 0 Å². The Balaban J connectivity index is 1.96. The van der Waals surface area contributed by atoms with Crippen LogP contribution in [0.3, 0.4) is 0 Å². The molecule has 0 bridgehead atoms. The molecule has 0 radical (unpaired) electrons. The summed E-state index contributed by atoms with van der Waals surface area (Å²) in [4.78, 5) is 0. The summed E-state index contributed by atoms with van der Waals surface area (Å²) in [7, 11) is 0. The second kappa shape index (κ2) is 4.27. The van der Waals surface area contributed by atoms with Gasteiger partial charge in [0.1, 0.15) is 5.82 Å². The second-order valence-corrected chi connectivity index (χ2v) is 3.63. The smallest absolute Gasteiger partial charge is 0.123 e. The molecule has 0 saturated carbocycles. The number of hydrogen-bond donors (Lipinski definition) is 1. The highest BCUT2D eigenvalue weighted by Crippen LogP contribution is 2.17. The molecule has 0 fully saturated rings. The van der Waals surface area contributed by atoms with Crippen LogP contribution in [0.2, 0.25) is 0 Å². The highest BCUT2D eigenvalue weighted by atomic mass is 19.1. The zero-order chi connectivity index (χ0) is 9.80. The Morgan fingerprint density at radius 1 is 1.14 bits per heavy atom. The fourth-order valence-corrected chi connectivity index (χ4v) is 1.71. The van der Waals surface area contributed by atoms with Crippen molar-refractivity contribution >= 4 is 5.69 Å². The average Bonchev–Trinajstić information content (AvgIpc) is 2.23. The van der Waals surface area contributed by atoms with Gasteiger partial charge < -0.3 is 5.32 Å². The Labute approximate surface area is 83.6 Å². The highest BCUT2D eigenvalue weighted by molar-refractivity contribution is 5.44. The summed E-state index contributed by atoms with van der Waals surface area (Å²) < 4.78 is 12.6. The van der Waals surface area contributed by atoms with E-state index in [9.17, 15) is 4.39 Å². The molecule has 2 heteroatoms. The van der Waals surface area contributed by atoms with Gasteiger partial charge in [-0.25, -0.2) is 4.39 Å². The molecule has 0 amide bonds. The molecule has 74 valence electrons. The zero-order valence-corrected chi connectivity index (χ0v) is 8.04. The van der Waals surface area contributed by atoms with Crippen LogP contribution in [0.5, 0.6) is 0 Å². The Kier molecular flexibility index (Phi) is 2.82. The van der Waals surface area contributed by atoms with Crippen LogP contribution in [0.1, 0.15) is 19.3 Å². The van der Waals surface area contributed by atoms with Gasteiger partial charge in [-0.2, -0.15) is 0 Å². The Morgan fingerprint density at radius 3 is 2.57 bits per heavy atom. The molecule has 0 heterocycles. The first-order chi connectivity index (χ1) is 6.84. The molecule has 1 aromatic carbocycles. The van der Waals surface area contributed by atoms with Gasteiger partial charge in [0, 0.05) is 11.7 Å². The van der Waals surface area contributed by atoms with Crippen LogP contribution in [-0.2, 0) is 0 Å². The average molecular weight is 191 g/mol. The molecule has 1 atom stereocenters. The van der Waals surface area contributed by atoms with E-state index in [2.05, 4.69) is 17.5 Å². The number of nitrogens with one attached hydrogen (secondary N) is 1. The van der Waals surface area contributed by atoms with Gasteiger partial charge in [-0.1, -0.05) is 12.2 Å². The van der Waals surface area contributed by atoms with Gasteiger partial charge in [0.2, 0.25) is 0 Å². The van der Waals surface area contributed by atoms with Crippen LogP contribution in [-0.4, -0.2) is 6.04 Å². The van der Waals surface area contributed by atoms with E-state index in [4.69, 9.17) is 0 Å². The predicted molar refractivity (Wildman–Crippen MR) is 56.8 cm³/mol. The molecule has 1 aliphatic carbocycles. The first-order valence-corrected chi connectivity index (χ1v) is 5.02. The third kappa shape index (κ3) is 2.34. The van der Waals surface area contributed by atoms with Crippen molar-refractivity contribution in [3.63, 3.8) is 0 Å². The van der Waals surface area contributed by atoms with E-state index in [-0.39, 0.29) is 5.82 Å². The summed E-state index contributed by atoms with van der Waals surface area (Å²) in [5.74, 6) is -0.181. The van der Waals surface area contributed by atoms with Crippen molar-refractivity contribution in [3.05, 3.63) is 42.2 Å². The topological polar surface area (TPSA) is 12.0 Å². The van der Waals surface area contributed by atoms with Crippen LogP contribution in [0.25, 0.3) is 0 Å². The minimum absolute atomic E-state index is 0.181. The molecule has 1 aliphatic rings. The van der Waals surface area contributed by atoms with E-state index in [1.807, 2.05) is 0 Å². The number of allylic oxidation sites excluding steroid dienone is 1. The van der Waals surface area contributed by atoms with Gasteiger partial charge in [-0.3, -0.25) is 0 Å². The van der Waals surface area contributed by atoms with Crippen LogP contribution >= 0.6 is 0 Å². The molecule has 0 saturated heterocycles. The molecule has 14 heavy (non-hydrogen) atoms. The molecule has 1 nitrogen and oxygen atoms in total. The Bertz CT molecular complexity index is 316. The maximum Gasteiger partial charge on any atom is 0.123 e. The van der Waals surface area contributed by atoms with Crippen LogP contribution in [0, 0.1) is 5.82 Å². The molecular formula is C12H14FN. The molecule has 1 aromatic rings. The van der Waals surface area contributed by atoms with Crippen molar-refractivity contribution in [1.29, 1.82) is 0 Å². The predicted octanol–water partition coefficient (Wildman–Crippen LogP) is 3.35. The van der Waals surface area contributed by atoms with Crippen LogP contribution in [0.15, 0.2) is 36.4 Å². The van der Waals surface area contributed by atoms with Crippen LogP contribution in [0.4, 0.5) is 10.1 Å². The lowest BCUT2D eigenvalue weighted by atomic mass is 10.0. The third-order valence-electron chi connectivity index (χ3n) is 2.48. The quantitative estimate of drug-likeness (QED) is 0.707. The van der Waals surface area contributed by atoms with E-state index in [1.165, 1.54) is 12.1 Å². The first kappa shape index (κ1) is 9.25. The number of hydrogen-bond acceptors (Lipinski definition) is 1. The van der Waals surface area contributed by atoms with E-state index in [0.29, 0.717) is 6.04 Å². The van der Waals surface area contributed by atoms with Crippen molar-refractivity contribution in [1.82, 2.24) is 0 Å². The summed E-state index contributed by atoms with van der Waals surface area (Å²) in [5, 5.41) is 3.39. The van der Waals surface area contributed by atoms with Crippen molar-refractivity contribution < 1.29 is 4.39 Å². The van der Waals surface area contributed by atoms with Crippen LogP contribution < -0.4 is 5.32 Å². The molecule has 0 aliphatic heterocycles. The number of anilines is 1. The van der Waals surface area contributed by atoms with Crippen molar-refractivity contribution in [2.75, 3.05) is 5.32 Å². The molecule has 0 spiro atoms. The summed E-state index contributed by atoms with van der Waals surface area (Å²) in [6, 6.07) is 7.05. The lowest BCUT2D eigenvalue weighted by molar-refractivity contribution is 0.626. The maximum atomic E-state index is 12.6. The van der Waals surface area contributed by atoms with Gasteiger partial charge in [0.25, 0.3) is 0 Å². The lowest BCUT2D eigenvalue weighted by Gasteiger charge is -2.20. The zero-order valence-electron chi connectivity index (χ0n) is 8.04. The van der Waals surface area contributed by atoms with Crippen molar-refractivity contribution in [2.45, 2.75) is 25.3 Å². The SMILES string of the molecule is Fc1ccc(NC2CC=CCC2)cc1. The largest absolute Gasteiger partial charge is 0.382 e. The summed E-state index contributed by atoms with van der Waals surface area (Å²) in [6.07, 6.45) is 7.78. The third-order valence-corrected chi connectivity index (χ3v) is 2.48. The van der Waals surface area contributed by atoms with E-state index in [1.54, 1.807) is 12.1 Å². The fourth-order valence-electron chi connectivity index (χ4n) is 1.71. The van der Waals surface area contributed by atoms with Gasteiger partial charge >= 0.3 is 0 Å². The Hall–Kier alpha value is -1.31. The second-order valence-electron chi connectivity index (χ2n) is 3.63. The summed E-state index contributed by atoms with van der Waals surface area (Å²) in [5.41, 5.74) is 1.01. The fraction of sp³-hybridized carbons (Fsp3) is 0.333. The molecule has 2 rings (SSSR count).